The second kappa shape index (κ2) is 5.90. The highest BCUT2D eigenvalue weighted by Gasteiger charge is 2.12. The van der Waals surface area contributed by atoms with Gasteiger partial charge in [0.2, 0.25) is 11.7 Å². The molecule has 0 fully saturated rings. The van der Waals surface area contributed by atoms with Crippen molar-refractivity contribution in [2.45, 2.75) is 6.54 Å². The summed E-state index contributed by atoms with van der Waals surface area (Å²) in [6, 6.07) is 9.43. The quantitative estimate of drug-likeness (QED) is 0.573. The van der Waals surface area contributed by atoms with Gasteiger partial charge in [-0.25, -0.2) is 13.8 Å². The summed E-state index contributed by atoms with van der Waals surface area (Å²) in [6.45, 7) is 0.0212. The summed E-state index contributed by atoms with van der Waals surface area (Å²) in [5.41, 5.74) is 0.529. The van der Waals surface area contributed by atoms with Gasteiger partial charge in [0, 0.05) is 11.6 Å². The predicted molar refractivity (Wildman–Crippen MR) is 84.8 cm³/mol. The van der Waals surface area contributed by atoms with Gasteiger partial charge in [-0.1, -0.05) is 5.16 Å². The number of halogens is 2. The van der Waals surface area contributed by atoms with Gasteiger partial charge in [0.25, 0.3) is 5.56 Å². The normalized spacial score (nSPS) is 11.1. The molecule has 2 aromatic heterocycles. The van der Waals surface area contributed by atoms with E-state index in [1.165, 1.54) is 53.4 Å². The summed E-state index contributed by atoms with van der Waals surface area (Å²) in [6.07, 6.45) is 1.30. The summed E-state index contributed by atoms with van der Waals surface area (Å²) in [7, 11) is 0. The van der Waals surface area contributed by atoms with Gasteiger partial charge in [-0.05, 0) is 36.4 Å². The van der Waals surface area contributed by atoms with Gasteiger partial charge in [0.1, 0.15) is 18.2 Å². The zero-order valence-corrected chi connectivity index (χ0v) is 12.7. The molecule has 4 aromatic rings. The molecule has 0 spiro atoms. The first-order valence-corrected chi connectivity index (χ1v) is 7.33. The molecule has 8 heteroatoms. The Bertz CT molecular complexity index is 1120. The fraction of sp³-hybridized carbons (Fsp3) is 0.0588. The lowest BCUT2D eigenvalue weighted by molar-refractivity contribution is 0.369. The lowest BCUT2D eigenvalue weighted by Crippen LogP contribution is -2.21. The van der Waals surface area contributed by atoms with Crippen LogP contribution in [0.5, 0.6) is 0 Å². The maximum atomic E-state index is 13.2. The summed E-state index contributed by atoms with van der Waals surface area (Å²) >= 11 is 0. The smallest absolute Gasteiger partial charge is 0.261 e. The number of nitrogens with zero attached hydrogens (tertiary/aromatic N) is 4. The molecule has 0 aliphatic carbocycles. The highest BCUT2D eigenvalue weighted by Crippen LogP contribution is 2.16. The van der Waals surface area contributed by atoms with Gasteiger partial charge in [0.05, 0.1) is 17.2 Å². The van der Waals surface area contributed by atoms with Crippen molar-refractivity contribution in [2.24, 2.45) is 0 Å². The van der Waals surface area contributed by atoms with Gasteiger partial charge in [-0.2, -0.15) is 4.98 Å². The Hall–Kier alpha value is -3.42. The average Bonchev–Trinajstić information content (AvgIpc) is 3.06. The largest absolute Gasteiger partial charge is 0.337 e. The zero-order chi connectivity index (χ0) is 17.4. The van der Waals surface area contributed by atoms with Gasteiger partial charge in [-0.3, -0.25) is 9.36 Å². The Kier molecular flexibility index (Phi) is 3.57. The van der Waals surface area contributed by atoms with Crippen molar-refractivity contribution >= 4 is 10.9 Å². The number of hydrogen-bond acceptors (Lipinski definition) is 5. The zero-order valence-electron chi connectivity index (χ0n) is 12.7. The van der Waals surface area contributed by atoms with E-state index in [2.05, 4.69) is 15.1 Å². The molecule has 0 saturated heterocycles. The molecule has 0 saturated carbocycles. The average molecular weight is 340 g/mol. The van der Waals surface area contributed by atoms with Gasteiger partial charge < -0.3 is 4.52 Å². The fourth-order valence-electron chi connectivity index (χ4n) is 2.43. The second-order valence-corrected chi connectivity index (χ2v) is 5.36. The lowest BCUT2D eigenvalue weighted by Gasteiger charge is -2.03. The third kappa shape index (κ3) is 2.89. The van der Waals surface area contributed by atoms with Crippen LogP contribution in [0.2, 0.25) is 0 Å². The standard InChI is InChI=1S/C17H10F2N4O2/c18-11-3-1-10(2-4-11)16-21-15(25-22-16)8-23-9-20-14-7-12(19)5-6-13(14)17(23)24/h1-7,9H,8H2. The molecule has 0 N–H and O–H groups in total. The van der Waals surface area contributed by atoms with E-state index < -0.39 is 5.82 Å². The molecular weight excluding hydrogens is 330 g/mol. The van der Waals surface area contributed by atoms with Crippen LogP contribution in [0.3, 0.4) is 0 Å². The van der Waals surface area contributed by atoms with Gasteiger partial charge >= 0.3 is 0 Å². The number of benzene rings is 2. The van der Waals surface area contributed by atoms with E-state index in [9.17, 15) is 13.6 Å². The van der Waals surface area contributed by atoms with Crippen LogP contribution in [0.15, 0.2) is 58.1 Å². The highest BCUT2D eigenvalue weighted by molar-refractivity contribution is 5.77. The van der Waals surface area contributed by atoms with Crippen molar-refractivity contribution in [1.82, 2.24) is 19.7 Å². The first kappa shape index (κ1) is 15.1. The Morgan fingerprint density at radius 2 is 1.80 bits per heavy atom. The Balaban J connectivity index is 1.66. The molecule has 2 aromatic carbocycles. The third-order valence-electron chi connectivity index (χ3n) is 3.66. The molecule has 0 aliphatic rings. The number of rotatable bonds is 3. The maximum Gasteiger partial charge on any atom is 0.261 e. The predicted octanol–water partition coefficient (Wildman–Crippen LogP) is 2.77. The van der Waals surface area contributed by atoms with Crippen LogP contribution in [-0.2, 0) is 6.54 Å². The third-order valence-corrected chi connectivity index (χ3v) is 3.66. The summed E-state index contributed by atoms with van der Waals surface area (Å²) in [4.78, 5) is 20.7. The van der Waals surface area contributed by atoms with Crippen molar-refractivity contribution in [3.05, 3.63) is 76.7 Å². The SMILES string of the molecule is O=c1c2ccc(F)cc2ncn1Cc1nc(-c2ccc(F)cc2)no1. The summed E-state index contributed by atoms with van der Waals surface area (Å²) in [5.74, 6) is -0.334. The molecule has 0 atom stereocenters. The molecule has 25 heavy (non-hydrogen) atoms. The second-order valence-electron chi connectivity index (χ2n) is 5.36. The molecule has 4 rings (SSSR count). The minimum Gasteiger partial charge on any atom is -0.337 e. The summed E-state index contributed by atoms with van der Waals surface area (Å²) < 4.78 is 32.6. The van der Waals surface area contributed by atoms with Gasteiger partial charge in [0.15, 0.2) is 0 Å². The number of fused-ring (bicyclic) bond motifs is 1. The van der Waals surface area contributed by atoms with Crippen molar-refractivity contribution < 1.29 is 13.3 Å². The monoisotopic (exact) mass is 340 g/mol. The van der Waals surface area contributed by atoms with Crippen LogP contribution >= 0.6 is 0 Å². The molecule has 2 heterocycles. The molecular formula is C17H10F2N4O2. The molecule has 0 unspecified atom stereocenters. The van der Waals surface area contributed by atoms with Gasteiger partial charge in [-0.15, -0.1) is 0 Å². The van der Waals surface area contributed by atoms with E-state index in [4.69, 9.17) is 4.52 Å². The molecule has 0 bridgehead atoms. The Morgan fingerprint density at radius 1 is 1.04 bits per heavy atom. The minimum absolute atomic E-state index is 0.0212. The van der Waals surface area contributed by atoms with Crippen molar-refractivity contribution in [1.29, 1.82) is 0 Å². The van der Waals surface area contributed by atoms with E-state index in [0.29, 0.717) is 16.8 Å². The minimum atomic E-state index is -0.460. The van der Waals surface area contributed by atoms with Crippen molar-refractivity contribution in [2.75, 3.05) is 0 Å². The molecule has 124 valence electrons. The first-order chi connectivity index (χ1) is 12.1. The Morgan fingerprint density at radius 3 is 2.60 bits per heavy atom. The van der Waals surface area contributed by atoms with Crippen molar-refractivity contribution in [3.63, 3.8) is 0 Å². The van der Waals surface area contributed by atoms with Crippen LogP contribution < -0.4 is 5.56 Å². The van der Waals surface area contributed by atoms with E-state index in [0.717, 1.165) is 0 Å². The van der Waals surface area contributed by atoms with Crippen LogP contribution in [0.4, 0.5) is 8.78 Å². The van der Waals surface area contributed by atoms with E-state index in [-0.39, 0.29) is 29.3 Å². The first-order valence-electron chi connectivity index (χ1n) is 7.33. The van der Waals surface area contributed by atoms with Crippen LogP contribution in [0.1, 0.15) is 5.89 Å². The molecule has 0 aliphatic heterocycles. The van der Waals surface area contributed by atoms with E-state index >= 15 is 0 Å². The molecule has 0 amide bonds. The van der Waals surface area contributed by atoms with Crippen LogP contribution in [0.25, 0.3) is 22.3 Å². The number of hydrogen-bond donors (Lipinski definition) is 0. The van der Waals surface area contributed by atoms with E-state index in [1.54, 1.807) is 0 Å². The maximum absolute atomic E-state index is 13.2. The topological polar surface area (TPSA) is 73.8 Å². The fourth-order valence-corrected chi connectivity index (χ4v) is 2.43. The van der Waals surface area contributed by atoms with Crippen LogP contribution in [-0.4, -0.2) is 19.7 Å². The van der Waals surface area contributed by atoms with Crippen LogP contribution in [0, 0.1) is 11.6 Å². The van der Waals surface area contributed by atoms with E-state index in [1.807, 2.05) is 0 Å². The lowest BCUT2D eigenvalue weighted by atomic mass is 10.2. The molecule has 6 nitrogen and oxygen atoms in total. The van der Waals surface area contributed by atoms with Crippen molar-refractivity contribution in [3.8, 4) is 11.4 Å². The Labute approximate surface area is 139 Å². The number of aromatic nitrogens is 4. The molecule has 0 radical (unpaired) electrons. The highest BCUT2D eigenvalue weighted by atomic mass is 19.1. The summed E-state index contributed by atoms with van der Waals surface area (Å²) in [5, 5.41) is 4.12.